The lowest BCUT2D eigenvalue weighted by atomic mass is 10.0. The summed E-state index contributed by atoms with van der Waals surface area (Å²) in [5.41, 5.74) is 12.8. The topological polar surface area (TPSA) is 53.1 Å². The Morgan fingerprint density at radius 2 is 1.61 bits per heavy atom. The van der Waals surface area contributed by atoms with Gasteiger partial charge < -0.3 is 10.5 Å². The molecule has 4 nitrogen and oxygen atoms in total. The zero-order valence-electron chi connectivity index (χ0n) is 18.0. The van der Waals surface area contributed by atoms with Gasteiger partial charge in [-0.2, -0.15) is 0 Å². The second-order valence-corrected chi connectivity index (χ2v) is 8.63. The van der Waals surface area contributed by atoms with Crippen molar-refractivity contribution in [3.05, 3.63) is 89.7 Å². The van der Waals surface area contributed by atoms with Crippen LogP contribution in [0.1, 0.15) is 43.4 Å². The van der Waals surface area contributed by atoms with Gasteiger partial charge in [-0.15, -0.1) is 0 Å². The van der Waals surface area contributed by atoms with E-state index in [1.165, 1.54) is 11.1 Å². The second-order valence-electron chi connectivity index (χ2n) is 8.63. The fraction of sp³-hybridized carbons (Fsp3) is 0.222. The summed E-state index contributed by atoms with van der Waals surface area (Å²) >= 11 is 0. The number of benzene rings is 3. The number of aromatic nitrogens is 2. The number of hydrogen-bond donors (Lipinski definition) is 1. The number of fused-ring (bicyclic) bond motifs is 1. The largest absolute Gasteiger partial charge is 0.491 e. The highest BCUT2D eigenvalue weighted by Gasteiger charge is 2.39. The quantitative estimate of drug-likeness (QED) is 0.402. The zero-order chi connectivity index (χ0) is 21.4. The molecular formula is C27H27N3O. The van der Waals surface area contributed by atoms with Gasteiger partial charge in [0.1, 0.15) is 12.1 Å². The molecule has 0 unspecified atom stereocenters. The summed E-state index contributed by atoms with van der Waals surface area (Å²) < 4.78 is 7.84. The molecule has 1 aromatic heterocycles. The van der Waals surface area contributed by atoms with E-state index < -0.39 is 0 Å². The molecule has 0 atom stereocenters. The van der Waals surface area contributed by atoms with Gasteiger partial charge in [0, 0.05) is 11.2 Å². The molecule has 1 saturated carbocycles. The smallest absolute Gasteiger partial charge is 0.119 e. The van der Waals surface area contributed by atoms with Gasteiger partial charge in [-0.05, 0) is 79.8 Å². The monoisotopic (exact) mass is 409 g/mol. The number of nitrogens with zero attached hydrogens (tertiary/aromatic N) is 2. The van der Waals surface area contributed by atoms with Crippen molar-refractivity contribution in [2.24, 2.45) is 5.73 Å². The Labute approximate surface area is 183 Å². The molecule has 4 heteroatoms. The fourth-order valence-electron chi connectivity index (χ4n) is 3.84. The molecule has 0 spiro atoms. The molecule has 3 aromatic carbocycles. The maximum atomic E-state index is 6.27. The lowest BCUT2D eigenvalue weighted by Gasteiger charge is -2.10. The molecule has 0 bridgehead atoms. The number of rotatable bonds is 6. The molecule has 0 radical (unpaired) electrons. The lowest BCUT2D eigenvalue weighted by molar-refractivity contribution is 0.242. The van der Waals surface area contributed by atoms with Gasteiger partial charge in [-0.25, -0.2) is 4.98 Å². The van der Waals surface area contributed by atoms with Crippen molar-refractivity contribution in [3.63, 3.8) is 0 Å². The zero-order valence-corrected chi connectivity index (χ0v) is 18.0. The first kappa shape index (κ1) is 19.6. The Kier molecular flexibility index (Phi) is 4.87. The first-order valence-electron chi connectivity index (χ1n) is 10.8. The van der Waals surface area contributed by atoms with Crippen LogP contribution in [0.4, 0.5) is 0 Å². The van der Waals surface area contributed by atoms with Crippen LogP contribution in [0.3, 0.4) is 0 Å². The van der Waals surface area contributed by atoms with E-state index in [0.29, 0.717) is 0 Å². The molecule has 4 aromatic rings. The highest BCUT2D eigenvalue weighted by Crippen LogP contribution is 2.42. The summed E-state index contributed by atoms with van der Waals surface area (Å²) in [6.45, 7) is 4.06. The number of hydrogen-bond acceptors (Lipinski definition) is 3. The van der Waals surface area contributed by atoms with E-state index in [4.69, 9.17) is 10.5 Å². The Bertz CT molecular complexity index is 1230. The Hall–Kier alpha value is -3.37. The number of ether oxygens (including phenoxy) is 1. The van der Waals surface area contributed by atoms with Crippen molar-refractivity contribution in [3.8, 4) is 11.4 Å². The average molecular weight is 410 g/mol. The predicted octanol–water partition coefficient (Wildman–Crippen LogP) is 5.93. The van der Waals surface area contributed by atoms with Crippen LogP contribution in [-0.4, -0.2) is 15.7 Å². The van der Waals surface area contributed by atoms with Crippen LogP contribution in [0.25, 0.3) is 28.9 Å². The maximum Gasteiger partial charge on any atom is 0.119 e. The standard InChI is InChI=1S/C27H27N3O/c1-19(2)31-24-12-10-23(11-13-24)30-18-29-25-17-21(7-14-26(25)30)4-3-20-5-8-22(9-6-20)27(28)15-16-27/h3-14,17-19H,15-16,28H2,1-2H3/b4-3-. The predicted molar refractivity (Wildman–Crippen MR) is 127 cm³/mol. The van der Waals surface area contributed by atoms with Gasteiger partial charge in [0.05, 0.1) is 17.1 Å². The van der Waals surface area contributed by atoms with Crippen molar-refractivity contribution in [2.75, 3.05) is 0 Å². The van der Waals surface area contributed by atoms with Gasteiger partial charge >= 0.3 is 0 Å². The highest BCUT2D eigenvalue weighted by atomic mass is 16.5. The third-order valence-electron chi connectivity index (χ3n) is 5.80. The summed E-state index contributed by atoms with van der Waals surface area (Å²) in [5.74, 6) is 0.877. The van der Waals surface area contributed by atoms with Crippen LogP contribution in [0.5, 0.6) is 5.75 Å². The van der Waals surface area contributed by atoms with Gasteiger partial charge in [-0.1, -0.05) is 42.5 Å². The molecule has 5 rings (SSSR count). The summed E-state index contributed by atoms with van der Waals surface area (Å²) in [5, 5.41) is 0. The first-order valence-corrected chi connectivity index (χ1v) is 10.8. The van der Waals surface area contributed by atoms with E-state index >= 15 is 0 Å². The molecule has 1 aliphatic rings. The van der Waals surface area contributed by atoms with E-state index in [-0.39, 0.29) is 11.6 Å². The van der Waals surface area contributed by atoms with Crippen molar-refractivity contribution < 1.29 is 4.74 Å². The molecule has 1 aliphatic carbocycles. The van der Waals surface area contributed by atoms with Gasteiger partial charge in [0.15, 0.2) is 0 Å². The first-order chi connectivity index (χ1) is 15.0. The normalized spacial score (nSPS) is 15.1. The lowest BCUT2D eigenvalue weighted by Crippen LogP contribution is -2.18. The van der Waals surface area contributed by atoms with E-state index in [1.54, 1.807) is 0 Å². The molecular weight excluding hydrogens is 382 g/mol. The fourth-order valence-corrected chi connectivity index (χ4v) is 3.84. The Morgan fingerprint density at radius 3 is 2.29 bits per heavy atom. The minimum Gasteiger partial charge on any atom is -0.491 e. The van der Waals surface area contributed by atoms with E-state index in [9.17, 15) is 0 Å². The molecule has 0 amide bonds. The average Bonchev–Trinajstić information content (AvgIpc) is 3.39. The Morgan fingerprint density at radius 1 is 0.935 bits per heavy atom. The van der Waals surface area contributed by atoms with Crippen LogP contribution in [-0.2, 0) is 5.54 Å². The molecule has 0 aliphatic heterocycles. The van der Waals surface area contributed by atoms with Crippen molar-refractivity contribution in [1.82, 2.24) is 9.55 Å². The molecule has 1 fully saturated rings. The third-order valence-corrected chi connectivity index (χ3v) is 5.80. The van der Waals surface area contributed by atoms with Crippen molar-refractivity contribution in [2.45, 2.75) is 38.3 Å². The van der Waals surface area contributed by atoms with E-state index in [0.717, 1.165) is 40.9 Å². The van der Waals surface area contributed by atoms with Gasteiger partial charge in [0.2, 0.25) is 0 Å². The Balaban J connectivity index is 1.34. The van der Waals surface area contributed by atoms with Crippen LogP contribution in [0.2, 0.25) is 0 Å². The van der Waals surface area contributed by atoms with Crippen molar-refractivity contribution in [1.29, 1.82) is 0 Å². The molecule has 1 heterocycles. The number of nitrogens with two attached hydrogens (primary N) is 1. The molecule has 31 heavy (non-hydrogen) atoms. The van der Waals surface area contributed by atoms with Gasteiger partial charge in [-0.3, -0.25) is 4.57 Å². The number of imidazole rings is 1. The second kappa shape index (κ2) is 7.71. The van der Waals surface area contributed by atoms with Crippen molar-refractivity contribution >= 4 is 23.2 Å². The SMILES string of the molecule is CC(C)Oc1ccc(-n2cnc3cc(/C=C\c4ccc(C5(N)CC5)cc4)ccc32)cc1. The summed E-state index contributed by atoms with van der Waals surface area (Å²) in [7, 11) is 0. The summed E-state index contributed by atoms with van der Waals surface area (Å²) in [6, 6.07) is 23.0. The minimum atomic E-state index is -0.0755. The van der Waals surface area contributed by atoms with Gasteiger partial charge in [0.25, 0.3) is 0 Å². The molecule has 156 valence electrons. The van der Waals surface area contributed by atoms with Crippen LogP contribution >= 0.6 is 0 Å². The third kappa shape index (κ3) is 4.12. The summed E-state index contributed by atoms with van der Waals surface area (Å²) in [4.78, 5) is 4.61. The maximum absolute atomic E-state index is 6.27. The highest BCUT2D eigenvalue weighted by molar-refractivity contribution is 5.82. The summed E-state index contributed by atoms with van der Waals surface area (Å²) in [6.07, 6.45) is 8.47. The van der Waals surface area contributed by atoms with E-state index in [2.05, 4.69) is 76.3 Å². The van der Waals surface area contributed by atoms with Crippen LogP contribution in [0, 0.1) is 0 Å². The van der Waals surface area contributed by atoms with Crippen LogP contribution < -0.4 is 10.5 Å². The molecule has 2 N–H and O–H groups in total. The minimum absolute atomic E-state index is 0.0755. The van der Waals surface area contributed by atoms with E-state index in [1.807, 2.05) is 32.3 Å². The molecule has 0 saturated heterocycles. The van der Waals surface area contributed by atoms with Crippen LogP contribution in [0.15, 0.2) is 73.1 Å².